The van der Waals surface area contributed by atoms with Crippen molar-refractivity contribution < 1.29 is 0 Å². The first-order valence-electron chi connectivity index (χ1n) is 9.50. The van der Waals surface area contributed by atoms with Crippen LogP contribution in [0.5, 0.6) is 0 Å². The van der Waals surface area contributed by atoms with Crippen LogP contribution in [0.4, 0.5) is 0 Å². The maximum Gasteiger partial charge on any atom is 0.262 e. The molecule has 5 nitrogen and oxygen atoms in total. The Bertz CT molecular complexity index is 1020. The SMILES string of the molecule is O=c1c2cc(Cl)ccc2ncn1CN1CCN(CC=Cc2ccccc2)CC1. The minimum Gasteiger partial charge on any atom is -0.297 e. The van der Waals surface area contributed by atoms with Crippen LogP contribution in [-0.4, -0.2) is 52.1 Å². The van der Waals surface area contributed by atoms with Gasteiger partial charge >= 0.3 is 0 Å². The number of benzene rings is 2. The van der Waals surface area contributed by atoms with E-state index in [1.54, 1.807) is 29.1 Å². The highest BCUT2D eigenvalue weighted by Gasteiger charge is 2.17. The summed E-state index contributed by atoms with van der Waals surface area (Å²) in [5.41, 5.74) is 1.87. The summed E-state index contributed by atoms with van der Waals surface area (Å²) in [5.74, 6) is 0. The Morgan fingerprint density at radius 1 is 1.00 bits per heavy atom. The lowest BCUT2D eigenvalue weighted by Crippen LogP contribution is -2.47. The van der Waals surface area contributed by atoms with Gasteiger partial charge in [-0.25, -0.2) is 4.98 Å². The Kier molecular flexibility index (Phi) is 5.86. The topological polar surface area (TPSA) is 41.4 Å². The van der Waals surface area contributed by atoms with Crippen molar-refractivity contribution in [1.29, 1.82) is 0 Å². The van der Waals surface area contributed by atoms with Gasteiger partial charge in [0.05, 0.1) is 23.9 Å². The molecule has 1 aromatic heterocycles. The fourth-order valence-electron chi connectivity index (χ4n) is 3.46. The molecule has 144 valence electrons. The number of aromatic nitrogens is 2. The van der Waals surface area contributed by atoms with Crippen molar-refractivity contribution >= 4 is 28.6 Å². The molecule has 28 heavy (non-hydrogen) atoms. The molecule has 0 amide bonds. The summed E-state index contributed by atoms with van der Waals surface area (Å²) in [5, 5.41) is 1.13. The summed E-state index contributed by atoms with van der Waals surface area (Å²) in [4.78, 5) is 21.8. The lowest BCUT2D eigenvalue weighted by atomic mass is 10.2. The predicted octanol–water partition coefficient (Wildman–Crippen LogP) is 3.34. The number of halogens is 1. The van der Waals surface area contributed by atoms with Crippen LogP contribution in [0.3, 0.4) is 0 Å². The molecule has 0 bridgehead atoms. The smallest absolute Gasteiger partial charge is 0.262 e. The largest absolute Gasteiger partial charge is 0.297 e. The van der Waals surface area contributed by atoms with Crippen molar-refractivity contribution in [2.45, 2.75) is 6.67 Å². The second-order valence-electron chi connectivity index (χ2n) is 7.05. The van der Waals surface area contributed by atoms with Gasteiger partial charge in [-0.05, 0) is 23.8 Å². The zero-order valence-corrected chi connectivity index (χ0v) is 16.4. The molecule has 0 aliphatic carbocycles. The number of fused-ring (bicyclic) bond motifs is 1. The van der Waals surface area contributed by atoms with E-state index in [2.05, 4.69) is 51.2 Å². The standard InChI is InChI=1S/C22H23ClN4O/c23-19-8-9-21-20(15-19)22(28)27(16-24-21)17-26-13-11-25(12-14-26)10-4-7-18-5-2-1-3-6-18/h1-9,15-16H,10-14,17H2. The Hall–Kier alpha value is -2.47. The molecule has 2 aromatic carbocycles. The molecule has 2 heterocycles. The monoisotopic (exact) mass is 394 g/mol. The highest BCUT2D eigenvalue weighted by molar-refractivity contribution is 6.31. The van der Waals surface area contributed by atoms with Crippen LogP contribution in [-0.2, 0) is 6.67 Å². The van der Waals surface area contributed by atoms with E-state index in [0.717, 1.165) is 32.7 Å². The molecule has 1 fully saturated rings. The third kappa shape index (κ3) is 4.50. The molecule has 6 heteroatoms. The quantitative estimate of drug-likeness (QED) is 0.665. The maximum absolute atomic E-state index is 12.7. The summed E-state index contributed by atoms with van der Waals surface area (Å²) >= 11 is 6.03. The van der Waals surface area contributed by atoms with E-state index in [4.69, 9.17) is 11.6 Å². The average Bonchev–Trinajstić information content (AvgIpc) is 2.72. The molecule has 0 N–H and O–H groups in total. The fourth-order valence-corrected chi connectivity index (χ4v) is 3.63. The summed E-state index contributed by atoms with van der Waals surface area (Å²) in [7, 11) is 0. The van der Waals surface area contributed by atoms with Gasteiger partial charge < -0.3 is 0 Å². The Balaban J connectivity index is 1.33. The summed E-state index contributed by atoms with van der Waals surface area (Å²) in [6, 6.07) is 15.6. The summed E-state index contributed by atoms with van der Waals surface area (Å²) in [6.07, 6.45) is 6.01. The van der Waals surface area contributed by atoms with Gasteiger partial charge in [0, 0.05) is 37.7 Å². The lowest BCUT2D eigenvalue weighted by Gasteiger charge is -2.34. The third-order valence-corrected chi connectivity index (χ3v) is 5.31. The van der Waals surface area contributed by atoms with Gasteiger partial charge in [-0.15, -0.1) is 0 Å². The Morgan fingerprint density at radius 2 is 1.75 bits per heavy atom. The van der Waals surface area contributed by atoms with E-state index in [1.807, 2.05) is 6.07 Å². The number of hydrogen-bond donors (Lipinski definition) is 0. The van der Waals surface area contributed by atoms with Gasteiger partial charge in [0.25, 0.3) is 5.56 Å². The molecule has 0 unspecified atom stereocenters. The molecule has 1 saturated heterocycles. The summed E-state index contributed by atoms with van der Waals surface area (Å²) < 4.78 is 1.67. The number of rotatable bonds is 5. The second-order valence-corrected chi connectivity index (χ2v) is 7.49. The highest BCUT2D eigenvalue weighted by Crippen LogP contribution is 2.14. The molecule has 0 saturated carbocycles. The fraction of sp³-hybridized carbons (Fsp3) is 0.273. The second kappa shape index (κ2) is 8.69. The van der Waals surface area contributed by atoms with Crippen LogP contribution in [0.15, 0.2) is 65.7 Å². The van der Waals surface area contributed by atoms with Crippen molar-refractivity contribution in [2.75, 3.05) is 32.7 Å². The minimum atomic E-state index is -0.0410. The first kappa shape index (κ1) is 18.9. The number of nitrogens with zero attached hydrogens (tertiary/aromatic N) is 4. The van der Waals surface area contributed by atoms with Crippen LogP contribution in [0.2, 0.25) is 5.02 Å². The molecular weight excluding hydrogens is 372 g/mol. The normalized spacial score (nSPS) is 16.2. The zero-order chi connectivity index (χ0) is 19.3. The van der Waals surface area contributed by atoms with E-state index < -0.39 is 0 Å². The highest BCUT2D eigenvalue weighted by atomic mass is 35.5. The van der Waals surface area contributed by atoms with Crippen LogP contribution >= 0.6 is 11.6 Å². The van der Waals surface area contributed by atoms with Crippen molar-refractivity contribution in [3.8, 4) is 0 Å². The van der Waals surface area contributed by atoms with Crippen LogP contribution in [0.25, 0.3) is 17.0 Å². The molecular formula is C22H23ClN4O. The third-order valence-electron chi connectivity index (χ3n) is 5.08. The van der Waals surface area contributed by atoms with Crippen molar-refractivity contribution in [1.82, 2.24) is 19.4 Å². The molecule has 0 radical (unpaired) electrons. The molecule has 3 aromatic rings. The summed E-state index contributed by atoms with van der Waals surface area (Å²) in [6.45, 7) is 5.33. The number of hydrogen-bond acceptors (Lipinski definition) is 4. The van der Waals surface area contributed by atoms with E-state index in [1.165, 1.54) is 5.56 Å². The van der Waals surface area contributed by atoms with Gasteiger partial charge in [-0.2, -0.15) is 0 Å². The van der Waals surface area contributed by atoms with Crippen molar-refractivity contribution in [3.63, 3.8) is 0 Å². The average molecular weight is 395 g/mol. The predicted molar refractivity (Wildman–Crippen MR) is 115 cm³/mol. The van der Waals surface area contributed by atoms with Gasteiger partial charge in [0.1, 0.15) is 0 Å². The Morgan fingerprint density at radius 3 is 2.54 bits per heavy atom. The van der Waals surface area contributed by atoms with Gasteiger partial charge in [0.15, 0.2) is 0 Å². The van der Waals surface area contributed by atoms with E-state index in [9.17, 15) is 4.79 Å². The van der Waals surface area contributed by atoms with E-state index in [-0.39, 0.29) is 5.56 Å². The number of piperazine rings is 1. The van der Waals surface area contributed by atoms with Crippen molar-refractivity contribution in [2.24, 2.45) is 0 Å². The van der Waals surface area contributed by atoms with Crippen LogP contribution in [0, 0.1) is 0 Å². The van der Waals surface area contributed by atoms with E-state index >= 15 is 0 Å². The lowest BCUT2D eigenvalue weighted by molar-refractivity contribution is 0.114. The molecule has 0 spiro atoms. The van der Waals surface area contributed by atoms with Gasteiger partial charge in [-0.3, -0.25) is 19.2 Å². The first-order chi connectivity index (χ1) is 13.7. The van der Waals surface area contributed by atoms with Gasteiger partial charge in [-0.1, -0.05) is 54.1 Å². The minimum absolute atomic E-state index is 0.0410. The van der Waals surface area contributed by atoms with E-state index in [0.29, 0.717) is 22.6 Å². The molecule has 4 rings (SSSR count). The van der Waals surface area contributed by atoms with Gasteiger partial charge in [0.2, 0.25) is 0 Å². The molecule has 1 aliphatic heterocycles. The first-order valence-corrected chi connectivity index (χ1v) is 9.88. The van der Waals surface area contributed by atoms with Crippen LogP contribution in [0.1, 0.15) is 5.56 Å². The molecule has 1 aliphatic rings. The maximum atomic E-state index is 12.7. The van der Waals surface area contributed by atoms with Crippen molar-refractivity contribution in [3.05, 3.63) is 81.9 Å². The molecule has 0 atom stereocenters. The Labute approximate surface area is 169 Å². The van der Waals surface area contributed by atoms with Crippen LogP contribution < -0.4 is 5.56 Å². The zero-order valence-electron chi connectivity index (χ0n) is 15.7.